The number of pyridine rings is 1. The van der Waals surface area contributed by atoms with E-state index in [2.05, 4.69) is 15.3 Å². The Morgan fingerprint density at radius 3 is 2.59 bits per heavy atom. The number of hydrogen-bond acceptors (Lipinski definition) is 5. The van der Waals surface area contributed by atoms with Gasteiger partial charge in [0.2, 0.25) is 5.96 Å². The number of fused-ring (bicyclic) bond motifs is 1. The first-order valence-electron chi connectivity index (χ1n) is 9.32. The van der Waals surface area contributed by atoms with Crippen LogP contribution in [0.1, 0.15) is 40.5 Å². The third kappa shape index (κ3) is 4.60. The molecule has 29 heavy (non-hydrogen) atoms. The van der Waals surface area contributed by atoms with Crippen molar-refractivity contribution < 1.29 is 14.0 Å². The predicted molar refractivity (Wildman–Crippen MR) is 111 cm³/mol. The first-order chi connectivity index (χ1) is 13.9. The molecular formula is C21H23N5O3. The Hall–Kier alpha value is -3.68. The van der Waals surface area contributed by atoms with Crippen molar-refractivity contribution in [1.82, 2.24) is 15.2 Å². The Morgan fingerprint density at radius 1 is 1.17 bits per heavy atom. The molecule has 3 N–H and O–H groups in total. The van der Waals surface area contributed by atoms with Gasteiger partial charge in [0.1, 0.15) is 17.0 Å². The Morgan fingerprint density at radius 2 is 1.93 bits per heavy atom. The fraction of sp³-hybridized carbons (Fsp3) is 0.238. The third-order valence-electron chi connectivity index (χ3n) is 4.41. The molecule has 0 aliphatic rings. The summed E-state index contributed by atoms with van der Waals surface area (Å²) in [6, 6.07) is 10.3. The first-order valence-corrected chi connectivity index (χ1v) is 9.32. The standard InChI is InChI=1S/C21H23N5O3/c1-4-26(5-2)20(28)17-8-6-14(12-23-17)19(27)25-21(22)24-16-7-9-18-15(11-16)10-13(3)29-18/h6-12H,4-5H2,1-3H3,(H3,22,24,25,27). The molecule has 2 heterocycles. The summed E-state index contributed by atoms with van der Waals surface area (Å²) in [7, 11) is 0. The molecule has 0 fully saturated rings. The van der Waals surface area contributed by atoms with Crippen LogP contribution in [0, 0.1) is 6.92 Å². The molecule has 0 aliphatic carbocycles. The number of nitrogens with one attached hydrogen (secondary N) is 1. The van der Waals surface area contributed by atoms with E-state index in [1.807, 2.05) is 32.9 Å². The van der Waals surface area contributed by atoms with Gasteiger partial charge in [-0.15, -0.1) is 0 Å². The smallest absolute Gasteiger partial charge is 0.272 e. The minimum atomic E-state index is -0.458. The molecule has 0 radical (unpaired) electrons. The van der Waals surface area contributed by atoms with Crippen molar-refractivity contribution in [3.8, 4) is 0 Å². The monoisotopic (exact) mass is 393 g/mol. The van der Waals surface area contributed by atoms with E-state index < -0.39 is 5.91 Å². The Labute approximate surface area is 168 Å². The van der Waals surface area contributed by atoms with Crippen molar-refractivity contribution in [2.75, 3.05) is 13.1 Å². The molecule has 0 aliphatic heterocycles. The van der Waals surface area contributed by atoms with Gasteiger partial charge in [-0.25, -0.2) is 4.99 Å². The highest BCUT2D eigenvalue weighted by Gasteiger charge is 2.15. The first kappa shape index (κ1) is 20.1. The zero-order valence-corrected chi connectivity index (χ0v) is 16.6. The second-order valence-corrected chi connectivity index (χ2v) is 6.44. The van der Waals surface area contributed by atoms with Gasteiger partial charge >= 0.3 is 0 Å². The summed E-state index contributed by atoms with van der Waals surface area (Å²) in [5.41, 5.74) is 7.78. The van der Waals surface area contributed by atoms with Crippen LogP contribution in [0.2, 0.25) is 0 Å². The molecule has 2 aromatic heterocycles. The van der Waals surface area contributed by atoms with E-state index >= 15 is 0 Å². The number of guanidine groups is 1. The van der Waals surface area contributed by atoms with Crippen molar-refractivity contribution in [2.45, 2.75) is 20.8 Å². The number of aromatic nitrogens is 1. The van der Waals surface area contributed by atoms with Crippen molar-refractivity contribution in [2.24, 2.45) is 10.7 Å². The average molecular weight is 393 g/mol. The molecule has 0 bridgehead atoms. The van der Waals surface area contributed by atoms with Crippen LogP contribution in [-0.2, 0) is 0 Å². The number of furan rings is 1. The van der Waals surface area contributed by atoms with Crippen LogP contribution in [0.4, 0.5) is 5.69 Å². The third-order valence-corrected chi connectivity index (χ3v) is 4.41. The number of carbonyl (C=O) groups excluding carboxylic acids is 2. The summed E-state index contributed by atoms with van der Waals surface area (Å²) >= 11 is 0. The van der Waals surface area contributed by atoms with Crippen LogP contribution >= 0.6 is 0 Å². The Bertz CT molecular complexity index is 1070. The van der Waals surface area contributed by atoms with E-state index in [0.29, 0.717) is 18.8 Å². The van der Waals surface area contributed by atoms with Gasteiger partial charge in [0.05, 0.1) is 11.3 Å². The van der Waals surface area contributed by atoms with Crippen LogP contribution in [0.15, 0.2) is 52.0 Å². The number of carbonyl (C=O) groups is 2. The largest absolute Gasteiger partial charge is 0.461 e. The molecule has 0 unspecified atom stereocenters. The van der Waals surface area contributed by atoms with Gasteiger partial charge in [0.15, 0.2) is 0 Å². The van der Waals surface area contributed by atoms with Crippen LogP contribution in [0.3, 0.4) is 0 Å². The lowest BCUT2D eigenvalue weighted by molar-refractivity contribution is 0.0766. The topological polar surface area (TPSA) is 114 Å². The van der Waals surface area contributed by atoms with E-state index in [9.17, 15) is 9.59 Å². The average Bonchev–Trinajstić information content (AvgIpc) is 3.08. The van der Waals surface area contributed by atoms with Crippen LogP contribution in [0.25, 0.3) is 11.0 Å². The number of aliphatic imine (C=N–C) groups is 1. The van der Waals surface area contributed by atoms with Gasteiger partial charge in [-0.2, -0.15) is 0 Å². The second-order valence-electron chi connectivity index (χ2n) is 6.44. The quantitative estimate of drug-likeness (QED) is 0.511. The van der Waals surface area contributed by atoms with E-state index in [1.54, 1.807) is 17.0 Å². The minimum Gasteiger partial charge on any atom is -0.461 e. The molecule has 1 aromatic carbocycles. The SMILES string of the molecule is CCN(CC)C(=O)c1ccc(C(=O)NC(N)=Nc2ccc3oc(C)cc3c2)cn1. The number of hydrogen-bond donors (Lipinski definition) is 2. The molecule has 8 nitrogen and oxygen atoms in total. The molecule has 0 atom stereocenters. The maximum absolute atomic E-state index is 12.4. The van der Waals surface area contributed by atoms with Crippen molar-refractivity contribution in [1.29, 1.82) is 0 Å². The highest BCUT2D eigenvalue weighted by Crippen LogP contribution is 2.24. The highest BCUT2D eigenvalue weighted by atomic mass is 16.3. The van der Waals surface area contributed by atoms with E-state index in [-0.39, 0.29) is 23.1 Å². The lowest BCUT2D eigenvalue weighted by Crippen LogP contribution is -2.36. The molecule has 3 aromatic rings. The van der Waals surface area contributed by atoms with Gasteiger partial charge in [-0.1, -0.05) is 0 Å². The Kier molecular flexibility index (Phi) is 5.92. The van der Waals surface area contributed by atoms with Gasteiger partial charge in [-0.3, -0.25) is 19.9 Å². The molecular weight excluding hydrogens is 370 g/mol. The second kappa shape index (κ2) is 8.55. The summed E-state index contributed by atoms with van der Waals surface area (Å²) < 4.78 is 5.52. The number of amides is 2. The van der Waals surface area contributed by atoms with Gasteiger partial charge in [-0.05, 0) is 57.2 Å². The van der Waals surface area contributed by atoms with E-state index in [4.69, 9.17) is 10.2 Å². The number of rotatable bonds is 5. The summed E-state index contributed by atoms with van der Waals surface area (Å²) in [6.45, 7) is 6.85. The Balaban J connectivity index is 1.69. The van der Waals surface area contributed by atoms with Gasteiger partial charge in [0.25, 0.3) is 11.8 Å². The molecule has 8 heteroatoms. The number of nitrogens with two attached hydrogens (primary N) is 1. The molecule has 0 saturated carbocycles. The van der Waals surface area contributed by atoms with Gasteiger partial charge < -0.3 is 15.1 Å². The molecule has 0 saturated heterocycles. The summed E-state index contributed by atoms with van der Waals surface area (Å²) in [5.74, 6) is 0.129. The van der Waals surface area contributed by atoms with Crippen LogP contribution in [-0.4, -0.2) is 40.7 Å². The van der Waals surface area contributed by atoms with Crippen LogP contribution < -0.4 is 11.1 Å². The minimum absolute atomic E-state index is 0.0436. The zero-order valence-electron chi connectivity index (χ0n) is 16.6. The van der Waals surface area contributed by atoms with Crippen LogP contribution in [0.5, 0.6) is 0 Å². The lowest BCUT2D eigenvalue weighted by atomic mass is 10.2. The van der Waals surface area contributed by atoms with Crippen molar-refractivity contribution in [3.63, 3.8) is 0 Å². The van der Waals surface area contributed by atoms with E-state index in [1.165, 1.54) is 18.3 Å². The maximum atomic E-state index is 12.4. The predicted octanol–water partition coefficient (Wildman–Crippen LogP) is 2.99. The molecule has 0 spiro atoms. The lowest BCUT2D eigenvalue weighted by Gasteiger charge is -2.17. The molecule has 2 amide bonds. The fourth-order valence-corrected chi connectivity index (χ4v) is 2.92. The zero-order chi connectivity index (χ0) is 21.0. The number of benzene rings is 1. The molecule has 150 valence electrons. The van der Waals surface area contributed by atoms with Gasteiger partial charge in [0, 0.05) is 24.7 Å². The summed E-state index contributed by atoms with van der Waals surface area (Å²) in [5, 5.41) is 3.43. The molecule has 3 rings (SSSR count). The van der Waals surface area contributed by atoms with E-state index in [0.717, 1.165) is 16.7 Å². The summed E-state index contributed by atoms with van der Waals surface area (Å²) in [6.07, 6.45) is 1.35. The fourth-order valence-electron chi connectivity index (χ4n) is 2.92. The highest BCUT2D eigenvalue weighted by molar-refractivity contribution is 6.06. The summed E-state index contributed by atoms with van der Waals surface area (Å²) in [4.78, 5) is 34.6. The number of aryl methyl sites for hydroxylation is 1. The van der Waals surface area contributed by atoms with Crippen molar-refractivity contribution >= 4 is 34.4 Å². The van der Waals surface area contributed by atoms with Crippen molar-refractivity contribution in [3.05, 3.63) is 59.6 Å². The number of nitrogens with zero attached hydrogens (tertiary/aromatic N) is 3. The maximum Gasteiger partial charge on any atom is 0.272 e. The normalized spacial score (nSPS) is 11.5.